The van der Waals surface area contributed by atoms with Gasteiger partial charge in [0.05, 0.1) is 5.92 Å². The van der Waals surface area contributed by atoms with E-state index in [1.807, 2.05) is 30.3 Å². The van der Waals surface area contributed by atoms with E-state index in [4.69, 9.17) is 4.74 Å². The van der Waals surface area contributed by atoms with Gasteiger partial charge in [-0.15, -0.1) is 0 Å². The third-order valence-corrected chi connectivity index (χ3v) is 4.90. The Morgan fingerprint density at radius 1 is 0.696 bits per heavy atom. The lowest BCUT2D eigenvalue weighted by molar-refractivity contribution is -0.139. The monoisotopic (exact) mass is 316 g/mol. The molecule has 2 nitrogen and oxygen atoms in total. The molecular formula is C21H32O2. The highest BCUT2D eigenvalue weighted by Crippen LogP contribution is 2.23. The number of esters is 1. The Bertz CT molecular complexity index is 413. The van der Waals surface area contributed by atoms with Crippen LogP contribution in [-0.4, -0.2) is 5.97 Å². The van der Waals surface area contributed by atoms with E-state index in [0.29, 0.717) is 5.75 Å². The van der Waals surface area contributed by atoms with Crippen LogP contribution in [0.25, 0.3) is 0 Å². The zero-order valence-electron chi connectivity index (χ0n) is 14.5. The quantitative estimate of drug-likeness (QED) is 0.473. The molecule has 1 fully saturated rings. The first kappa shape index (κ1) is 18.0. The predicted octanol–water partition coefficient (Wildman–Crippen LogP) is 6.29. The van der Waals surface area contributed by atoms with Gasteiger partial charge in [0.2, 0.25) is 0 Å². The fourth-order valence-electron chi connectivity index (χ4n) is 3.44. The molecule has 0 atom stereocenters. The van der Waals surface area contributed by atoms with Gasteiger partial charge in [0.25, 0.3) is 0 Å². The van der Waals surface area contributed by atoms with Gasteiger partial charge < -0.3 is 4.74 Å². The second kappa shape index (κ2) is 11.3. The van der Waals surface area contributed by atoms with Gasteiger partial charge in [-0.3, -0.25) is 4.79 Å². The third kappa shape index (κ3) is 7.67. The van der Waals surface area contributed by atoms with Crippen molar-refractivity contribution < 1.29 is 9.53 Å². The lowest BCUT2D eigenvalue weighted by Gasteiger charge is -2.16. The van der Waals surface area contributed by atoms with Crippen molar-refractivity contribution in [3.05, 3.63) is 30.3 Å². The van der Waals surface area contributed by atoms with E-state index < -0.39 is 0 Å². The Morgan fingerprint density at radius 3 is 1.61 bits per heavy atom. The van der Waals surface area contributed by atoms with Crippen LogP contribution in [-0.2, 0) is 4.79 Å². The fourth-order valence-corrected chi connectivity index (χ4v) is 3.44. The smallest absolute Gasteiger partial charge is 0.314 e. The number of hydrogen-bond acceptors (Lipinski definition) is 2. The lowest BCUT2D eigenvalue weighted by Crippen LogP contribution is -2.20. The van der Waals surface area contributed by atoms with Gasteiger partial charge in [-0.2, -0.15) is 0 Å². The zero-order valence-corrected chi connectivity index (χ0v) is 14.5. The molecule has 0 N–H and O–H groups in total. The largest absolute Gasteiger partial charge is 0.426 e. The van der Waals surface area contributed by atoms with Crippen LogP contribution in [0.1, 0.15) is 83.5 Å². The number of benzene rings is 1. The molecule has 0 spiro atoms. The van der Waals surface area contributed by atoms with Gasteiger partial charge in [0, 0.05) is 0 Å². The maximum absolute atomic E-state index is 12.5. The van der Waals surface area contributed by atoms with E-state index >= 15 is 0 Å². The first-order valence-electron chi connectivity index (χ1n) is 9.63. The summed E-state index contributed by atoms with van der Waals surface area (Å²) < 4.78 is 5.58. The molecule has 0 radical (unpaired) electrons. The second-order valence-electron chi connectivity index (χ2n) is 6.90. The van der Waals surface area contributed by atoms with E-state index in [0.717, 1.165) is 25.7 Å². The van der Waals surface area contributed by atoms with Crippen molar-refractivity contribution in [1.82, 2.24) is 0 Å². The predicted molar refractivity (Wildman–Crippen MR) is 95.6 cm³/mol. The van der Waals surface area contributed by atoms with Crippen molar-refractivity contribution in [3.8, 4) is 5.75 Å². The van der Waals surface area contributed by atoms with Gasteiger partial charge in [-0.05, 0) is 25.0 Å². The fraction of sp³-hybridized carbons (Fsp3) is 0.667. The molecule has 0 saturated heterocycles. The van der Waals surface area contributed by atoms with Gasteiger partial charge in [-0.25, -0.2) is 0 Å². The molecule has 2 heteroatoms. The Balaban J connectivity index is 1.83. The summed E-state index contributed by atoms with van der Waals surface area (Å²) in [5.74, 6) is 0.735. The Labute approximate surface area is 141 Å². The van der Waals surface area contributed by atoms with Crippen molar-refractivity contribution in [3.63, 3.8) is 0 Å². The number of rotatable bonds is 2. The highest BCUT2D eigenvalue weighted by atomic mass is 16.5. The first-order valence-corrected chi connectivity index (χ1v) is 9.63. The minimum absolute atomic E-state index is 0.0247. The average Bonchev–Trinajstić information content (AvgIpc) is 2.57. The molecule has 0 amide bonds. The first-order chi connectivity index (χ1) is 11.4. The van der Waals surface area contributed by atoms with Crippen LogP contribution in [0.3, 0.4) is 0 Å². The highest BCUT2D eigenvalue weighted by Gasteiger charge is 2.20. The highest BCUT2D eigenvalue weighted by molar-refractivity contribution is 5.75. The summed E-state index contributed by atoms with van der Waals surface area (Å²) in [7, 11) is 0. The van der Waals surface area contributed by atoms with Gasteiger partial charge in [-0.1, -0.05) is 88.8 Å². The molecule has 0 unspecified atom stereocenters. The molecule has 0 aliphatic heterocycles. The Kier molecular flexibility index (Phi) is 8.83. The normalized spacial score (nSPS) is 19.7. The molecule has 0 aromatic heterocycles. The minimum Gasteiger partial charge on any atom is -0.426 e. The van der Waals surface area contributed by atoms with Gasteiger partial charge >= 0.3 is 5.97 Å². The van der Waals surface area contributed by atoms with Crippen LogP contribution >= 0.6 is 0 Å². The minimum atomic E-state index is -0.0247. The van der Waals surface area contributed by atoms with E-state index in [1.165, 1.54) is 57.8 Å². The second-order valence-corrected chi connectivity index (χ2v) is 6.90. The molecule has 23 heavy (non-hydrogen) atoms. The lowest BCUT2D eigenvalue weighted by atomic mass is 9.93. The number of carbonyl (C=O) groups is 1. The molecule has 2 rings (SSSR count). The zero-order chi connectivity index (χ0) is 16.2. The molecule has 0 bridgehead atoms. The summed E-state index contributed by atoms with van der Waals surface area (Å²) in [6.45, 7) is 0. The van der Waals surface area contributed by atoms with Gasteiger partial charge in [0.15, 0.2) is 0 Å². The molecule has 0 heterocycles. The van der Waals surface area contributed by atoms with E-state index in [9.17, 15) is 4.79 Å². The summed E-state index contributed by atoms with van der Waals surface area (Å²) in [5.41, 5.74) is 0. The maximum atomic E-state index is 12.5. The third-order valence-electron chi connectivity index (χ3n) is 4.90. The number of ether oxygens (including phenoxy) is 1. The summed E-state index contributed by atoms with van der Waals surface area (Å²) >= 11 is 0. The van der Waals surface area contributed by atoms with Crippen molar-refractivity contribution >= 4 is 5.97 Å². The molecule has 1 aliphatic rings. The van der Waals surface area contributed by atoms with Crippen LogP contribution in [0.5, 0.6) is 5.75 Å². The van der Waals surface area contributed by atoms with Crippen molar-refractivity contribution in [2.24, 2.45) is 5.92 Å². The van der Waals surface area contributed by atoms with E-state index in [1.54, 1.807) is 0 Å². The maximum Gasteiger partial charge on any atom is 0.314 e. The molecule has 128 valence electrons. The molecule has 1 aromatic carbocycles. The number of hydrogen-bond donors (Lipinski definition) is 0. The van der Waals surface area contributed by atoms with Crippen molar-refractivity contribution in [2.75, 3.05) is 0 Å². The molecule has 1 saturated carbocycles. The topological polar surface area (TPSA) is 26.3 Å². The summed E-state index contributed by atoms with van der Waals surface area (Å²) in [6, 6.07) is 9.49. The summed E-state index contributed by atoms with van der Waals surface area (Å²) in [4.78, 5) is 12.5. The molecule has 1 aromatic rings. The SMILES string of the molecule is O=C(Oc1ccccc1)C1CCCCCCCCCCCCC1. The van der Waals surface area contributed by atoms with Crippen LogP contribution in [0.15, 0.2) is 30.3 Å². The van der Waals surface area contributed by atoms with Crippen LogP contribution in [0.4, 0.5) is 0 Å². The van der Waals surface area contributed by atoms with Crippen molar-refractivity contribution in [2.45, 2.75) is 83.5 Å². The van der Waals surface area contributed by atoms with E-state index in [-0.39, 0.29) is 11.9 Å². The summed E-state index contributed by atoms with van der Waals surface area (Å²) in [5, 5.41) is 0. The number of para-hydroxylation sites is 1. The molecule has 1 aliphatic carbocycles. The number of carbonyl (C=O) groups excluding carboxylic acids is 1. The van der Waals surface area contributed by atoms with Crippen LogP contribution in [0.2, 0.25) is 0 Å². The Morgan fingerprint density at radius 2 is 1.13 bits per heavy atom. The van der Waals surface area contributed by atoms with Crippen LogP contribution in [0, 0.1) is 5.92 Å². The van der Waals surface area contributed by atoms with Crippen LogP contribution < -0.4 is 4.74 Å². The summed E-state index contributed by atoms with van der Waals surface area (Å²) in [6.07, 6.45) is 16.4. The molecular weight excluding hydrogens is 284 g/mol. The van der Waals surface area contributed by atoms with E-state index in [2.05, 4.69) is 0 Å². The average molecular weight is 316 g/mol. The van der Waals surface area contributed by atoms with Gasteiger partial charge in [0.1, 0.15) is 5.75 Å². The van der Waals surface area contributed by atoms with Crippen molar-refractivity contribution in [1.29, 1.82) is 0 Å². The Hall–Kier alpha value is -1.31. The standard InChI is InChI=1S/C21H32O2/c22-21(23-20-17-13-10-14-18-20)19-15-11-8-6-4-2-1-3-5-7-9-12-16-19/h10,13-14,17-19H,1-9,11-12,15-16H2.